The van der Waals surface area contributed by atoms with Gasteiger partial charge in [0.2, 0.25) is 0 Å². The summed E-state index contributed by atoms with van der Waals surface area (Å²) in [7, 11) is 0. The van der Waals surface area contributed by atoms with E-state index in [9.17, 15) is 4.79 Å². The SMILES string of the molecule is O=C(NCCCOCc1ccco1)Nc1ccccc1SC1CCCC1. The van der Waals surface area contributed by atoms with Gasteiger partial charge in [-0.1, -0.05) is 25.0 Å². The Hall–Kier alpha value is -1.92. The van der Waals surface area contributed by atoms with Crippen LogP contribution in [0.15, 0.2) is 52.0 Å². The van der Waals surface area contributed by atoms with Crippen LogP contribution in [0.1, 0.15) is 37.9 Å². The van der Waals surface area contributed by atoms with E-state index in [4.69, 9.17) is 9.15 Å². The smallest absolute Gasteiger partial charge is 0.319 e. The highest BCUT2D eigenvalue weighted by atomic mass is 32.2. The fourth-order valence-electron chi connectivity index (χ4n) is 2.97. The molecule has 2 aromatic rings. The van der Waals surface area contributed by atoms with E-state index < -0.39 is 0 Å². The van der Waals surface area contributed by atoms with Crippen molar-refractivity contribution in [3.63, 3.8) is 0 Å². The van der Waals surface area contributed by atoms with Crippen LogP contribution in [0, 0.1) is 0 Å². The van der Waals surface area contributed by atoms with Crippen molar-refractivity contribution >= 4 is 23.5 Å². The van der Waals surface area contributed by atoms with Gasteiger partial charge in [-0.25, -0.2) is 4.79 Å². The molecule has 0 saturated heterocycles. The number of carbonyl (C=O) groups excluding carboxylic acids is 1. The maximum atomic E-state index is 12.1. The summed E-state index contributed by atoms with van der Waals surface area (Å²) >= 11 is 1.88. The molecule has 1 heterocycles. The zero-order valence-corrected chi connectivity index (χ0v) is 15.7. The number of thioether (sulfide) groups is 1. The second-order valence-electron chi connectivity index (χ2n) is 6.39. The number of urea groups is 1. The molecule has 26 heavy (non-hydrogen) atoms. The van der Waals surface area contributed by atoms with E-state index in [1.165, 1.54) is 25.7 Å². The Kier molecular flexibility index (Phi) is 7.46. The van der Waals surface area contributed by atoms with Gasteiger partial charge in [0.25, 0.3) is 0 Å². The first-order valence-corrected chi connectivity index (χ1v) is 10.1. The Balaban J connectivity index is 1.35. The number of furan rings is 1. The summed E-state index contributed by atoms with van der Waals surface area (Å²) in [6.07, 6.45) is 7.55. The van der Waals surface area contributed by atoms with Crippen LogP contribution in [0.25, 0.3) is 0 Å². The third-order valence-corrected chi connectivity index (χ3v) is 5.72. The molecule has 0 unspecified atom stereocenters. The van der Waals surface area contributed by atoms with Crippen LogP contribution in [-0.2, 0) is 11.3 Å². The van der Waals surface area contributed by atoms with Gasteiger partial charge in [0.15, 0.2) is 0 Å². The van der Waals surface area contributed by atoms with Crippen molar-refractivity contribution in [3.05, 3.63) is 48.4 Å². The van der Waals surface area contributed by atoms with Crippen LogP contribution >= 0.6 is 11.8 Å². The minimum Gasteiger partial charge on any atom is -0.467 e. The van der Waals surface area contributed by atoms with Gasteiger partial charge in [-0.2, -0.15) is 0 Å². The lowest BCUT2D eigenvalue weighted by Crippen LogP contribution is -2.30. The molecule has 1 fully saturated rings. The number of rotatable bonds is 9. The van der Waals surface area contributed by atoms with Crippen molar-refractivity contribution in [2.24, 2.45) is 0 Å². The molecule has 0 spiro atoms. The lowest BCUT2D eigenvalue weighted by Gasteiger charge is -2.14. The first-order chi connectivity index (χ1) is 12.8. The second-order valence-corrected chi connectivity index (χ2v) is 7.73. The summed E-state index contributed by atoms with van der Waals surface area (Å²) in [4.78, 5) is 13.3. The summed E-state index contributed by atoms with van der Waals surface area (Å²) in [6.45, 7) is 1.61. The van der Waals surface area contributed by atoms with Crippen molar-refractivity contribution in [1.82, 2.24) is 5.32 Å². The number of amides is 2. The number of hydrogen-bond donors (Lipinski definition) is 2. The average Bonchev–Trinajstić information content (AvgIpc) is 3.33. The molecule has 0 aliphatic heterocycles. The van der Waals surface area contributed by atoms with Gasteiger partial charge in [-0.15, -0.1) is 11.8 Å². The Bertz CT molecular complexity index is 669. The number of carbonyl (C=O) groups is 1. The summed E-state index contributed by atoms with van der Waals surface area (Å²) in [5.74, 6) is 0.812. The molecule has 1 aliphatic rings. The summed E-state index contributed by atoms with van der Waals surface area (Å²) in [5.41, 5.74) is 0.885. The van der Waals surface area contributed by atoms with E-state index in [1.54, 1.807) is 6.26 Å². The third kappa shape index (κ3) is 6.11. The number of hydrogen-bond acceptors (Lipinski definition) is 4. The summed E-state index contributed by atoms with van der Waals surface area (Å²) in [6, 6.07) is 11.6. The Morgan fingerprint density at radius 1 is 1.19 bits per heavy atom. The predicted octanol–water partition coefficient (Wildman–Crippen LogP) is 5.04. The van der Waals surface area contributed by atoms with Gasteiger partial charge in [-0.05, 0) is 43.5 Å². The number of nitrogens with one attached hydrogen (secondary N) is 2. The van der Waals surface area contributed by atoms with Crippen LogP contribution in [0.3, 0.4) is 0 Å². The molecule has 2 amide bonds. The average molecular weight is 375 g/mol. The molecule has 1 saturated carbocycles. The van der Waals surface area contributed by atoms with Crippen molar-refractivity contribution in [2.75, 3.05) is 18.5 Å². The van der Waals surface area contributed by atoms with Gasteiger partial charge in [0, 0.05) is 23.3 Å². The molecule has 3 rings (SSSR count). The lowest BCUT2D eigenvalue weighted by atomic mass is 10.3. The minimum atomic E-state index is -0.171. The molecule has 1 aromatic heterocycles. The van der Waals surface area contributed by atoms with Crippen molar-refractivity contribution in [3.8, 4) is 0 Å². The Morgan fingerprint density at radius 3 is 2.85 bits per heavy atom. The molecule has 5 nitrogen and oxygen atoms in total. The van der Waals surface area contributed by atoms with Crippen LogP contribution in [-0.4, -0.2) is 24.4 Å². The van der Waals surface area contributed by atoms with Crippen molar-refractivity contribution < 1.29 is 13.9 Å². The summed E-state index contributed by atoms with van der Waals surface area (Å²) in [5, 5.41) is 6.53. The van der Waals surface area contributed by atoms with Crippen molar-refractivity contribution in [1.29, 1.82) is 0 Å². The number of benzene rings is 1. The minimum absolute atomic E-state index is 0.171. The largest absolute Gasteiger partial charge is 0.467 e. The molecule has 140 valence electrons. The van der Waals surface area contributed by atoms with Gasteiger partial charge >= 0.3 is 6.03 Å². The molecule has 6 heteroatoms. The highest BCUT2D eigenvalue weighted by molar-refractivity contribution is 8.00. The fourth-order valence-corrected chi connectivity index (χ4v) is 4.30. The van der Waals surface area contributed by atoms with E-state index in [0.29, 0.717) is 25.0 Å². The van der Waals surface area contributed by atoms with Crippen LogP contribution in [0.5, 0.6) is 0 Å². The molecule has 1 aliphatic carbocycles. The zero-order valence-electron chi connectivity index (χ0n) is 14.9. The first-order valence-electron chi connectivity index (χ1n) is 9.22. The van der Waals surface area contributed by atoms with Gasteiger partial charge in [0.05, 0.1) is 12.0 Å². The van der Waals surface area contributed by atoms with Crippen molar-refractivity contribution in [2.45, 2.75) is 48.9 Å². The van der Waals surface area contributed by atoms with E-state index >= 15 is 0 Å². The van der Waals surface area contributed by atoms with Crippen LogP contribution in [0.4, 0.5) is 10.5 Å². The molecule has 0 atom stereocenters. The predicted molar refractivity (Wildman–Crippen MR) is 105 cm³/mol. The normalized spacial score (nSPS) is 14.5. The van der Waals surface area contributed by atoms with E-state index in [1.807, 2.05) is 42.1 Å². The van der Waals surface area contributed by atoms with Gasteiger partial charge < -0.3 is 19.8 Å². The monoisotopic (exact) mass is 374 g/mol. The lowest BCUT2D eigenvalue weighted by molar-refractivity contribution is 0.104. The maximum Gasteiger partial charge on any atom is 0.319 e. The molecular formula is C20H26N2O3S. The zero-order chi connectivity index (χ0) is 18.0. The highest BCUT2D eigenvalue weighted by Gasteiger charge is 2.18. The Morgan fingerprint density at radius 2 is 2.04 bits per heavy atom. The molecule has 0 radical (unpaired) electrons. The van der Waals surface area contributed by atoms with Gasteiger partial charge in [-0.3, -0.25) is 0 Å². The van der Waals surface area contributed by atoms with Gasteiger partial charge in [0.1, 0.15) is 12.4 Å². The quantitative estimate of drug-likeness (QED) is 0.603. The number of para-hydroxylation sites is 1. The van der Waals surface area contributed by atoms with Crippen LogP contribution in [0.2, 0.25) is 0 Å². The van der Waals surface area contributed by atoms with E-state index in [0.717, 1.165) is 22.8 Å². The maximum absolute atomic E-state index is 12.1. The van der Waals surface area contributed by atoms with E-state index in [2.05, 4.69) is 16.7 Å². The Labute approximate surface area is 158 Å². The molecule has 0 bridgehead atoms. The topological polar surface area (TPSA) is 63.5 Å². The van der Waals surface area contributed by atoms with E-state index in [-0.39, 0.29) is 6.03 Å². The standard InChI is InChI=1S/C20H26N2O3S/c23-20(21-12-6-13-24-15-16-7-5-14-25-16)22-18-10-3-4-11-19(18)26-17-8-1-2-9-17/h3-5,7,10-11,14,17H,1-2,6,8-9,12-13,15H2,(H2,21,22,23). The molecule has 1 aromatic carbocycles. The number of ether oxygens (including phenoxy) is 1. The second kappa shape index (κ2) is 10.3. The first kappa shape index (κ1) is 18.9. The summed E-state index contributed by atoms with van der Waals surface area (Å²) < 4.78 is 10.7. The molecular weight excluding hydrogens is 348 g/mol. The molecule has 2 N–H and O–H groups in total. The van der Waals surface area contributed by atoms with Crippen LogP contribution < -0.4 is 10.6 Å². The highest BCUT2D eigenvalue weighted by Crippen LogP contribution is 2.37. The third-order valence-electron chi connectivity index (χ3n) is 4.31. The number of anilines is 1. The fraction of sp³-hybridized carbons (Fsp3) is 0.450.